The Morgan fingerprint density at radius 2 is 1.91 bits per heavy atom. The van der Waals surface area contributed by atoms with Gasteiger partial charge in [0.1, 0.15) is 17.9 Å². The van der Waals surface area contributed by atoms with E-state index in [0.717, 1.165) is 46.9 Å². The van der Waals surface area contributed by atoms with E-state index in [1.807, 2.05) is 0 Å². The molecule has 3 aliphatic rings. The number of benzene rings is 2. The van der Waals surface area contributed by atoms with E-state index in [9.17, 15) is 14.7 Å². The van der Waals surface area contributed by atoms with Crippen LogP contribution in [0.3, 0.4) is 0 Å². The first-order valence-electron chi connectivity index (χ1n) is 15.8. The number of fused-ring (bicyclic) bond motifs is 3. The number of ether oxygens (including phenoxy) is 2. The topological polar surface area (TPSA) is 103 Å². The van der Waals surface area contributed by atoms with Crippen LogP contribution in [0, 0.1) is 12.8 Å². The van der Waals surface area contributed by atoms with Crippen molar-refractivity contribution < 1.29 is 33.8 Å². The van der Waals surface area contributed by atoms with Gasteiger partial charge in [-0.1, -0.05) is 41.3 Å². The number of aryl methyl sites for hydroxylation is 1. The molecular formula is C36H38N2O6S3. The minimum atomic E-state index is -1.21. The molecule has 8 nitrogen and oxygen atoms in total. The van der Waals surface area contributed by atoms with Crippen LogP contribution in [0.25, 0.3) is 16.3 Å². The molecule has 0 saturated carbocycles. The molecule has 1 aliphatic heterocycles. The lowest BCUT2D eigenvalue weighted by Gasteiger charge is -2.28. The van der Waals surface area contributed by atoms with E-state index in [1.54, 1.807) is 34.9 Å². The number of nitrogens with zero attached hydrogens (tertiary/aromatic N) is 2. The highest BCUT2D eigenvalue weighted by atomic mass is 32.2. The summed E-state index contributed by atoms with van der Waals surface area (Å²) in [6.07, 6.45) is 15.6. The quantitative estimate of drug-likeness (QED) is 0.132. The van der Waals surface area contributed by atoms with E-state index >= 15 is 0 Å². The first kappa shape index (κ1) is 33.5. The van der Waals surface area contributed by atoms with Crippen LogP contribution in [0.2, 0.25) is 0 Å². The zero-order valence-electron chi connectivity index (χ0n) is 26.5. The summed E-state index contributed by atoms with van der Waals surface area (Å²) in [6.45, 7) is 3.13. The van der Waals surface area contributed by atoms with Gasteiger partial charge in [0, 0.05) is 28.5 Å². The molecule has 0 fully saturated rings. The molecule has 1 atom stereocenters. The Morgan fingerprint density at radius 3 is 2.72 bits per heavy atom. The normalized spacial score (nSPS) is 19.2. The van der Waals surface area contributed by atoms with E-state index in [-0.39, 0.29) is 6.61 Å². The maximum absolute atomic E-state index is 11.0. The highest BCUT2D eigenvalue weighted by Crippen LogP contribution is 2.47. The van der Waals surface area contributed by atoms with E-state index < -0.39 is 18.5 Å². The SMILES string of the molecule is CSc1ccc2sc(/C=C3/C=C4C=C(/C=C5\Sc6ccc(C)cc6N5CCOCC(=O)[O-])CCC4CC3)[n+](CCOCC(=O)O)c2c1. The van der Waals surface area contributed by atoms with Gasteiger partial charge in [-0.3, -0.25) is 0 Å². The molecule has 11 heteroatoms. The number of rotatable bonds is 13. The van der Waals surface area contributed by atoms with Crippen LogP contribution in [-0.4, -0.2) is 56.3 Å². The molecule has 0 saturated heterocycles. The second kappa shape index (κ2) is 15.3. The maximum Gasteiger partial charge on any atom is 0.329 e. The zero-order chi connectivity index (χ0) is 32.9. The lowest BCUT2D eigenvalue weighted by molar-refractivity contribution is -0.670. The Balaban J connectivity index is 1.27. The molecule has 1 N–H and O–H groups in total. The summed E-state index contributed by atoms with van der Waals surface area (Å²) in [4.78, 5) is 26.5. The van der Waals surface area contributed by atoms with Gasteiger partial charge in [0.15, 0.2) is 6.54 Å². The molecule has 0 radical (unpaired) electrons. The van der Waals surface area contributed by atoms with E-state index in [0.29, 0.717) is 32.2 Å². The highest BCUT2D eigenvalue weighted by molar-refractivity contribution is 8.03. The number of aromatic nitrogens is 1. The number of thioether (sulfide) groups is 2. The lowest BCUT2D eigenvalue weighted by Crippen LogP contribution is -2.37. The Labute approximate surface area is 287 Å². The van der Waals surface area contributed by atoms with Crippen molar-refractivity contribution in [2.45, 2.75) is 48.9 Å². The van der Waals surface area contributed by atoms with Crippen molar-refractivity contribution >= 4 is 68.8 Å². The van der Waals surface area contributed by atoms with Crippen LogP contribution in [0.4, 0.5) is 5.69 Å². The fraction of sp³-hybridized carbons (Fsp3) is 0.361. The number of carboxylic acids is 2. The van der Waals surface area contributed by atoms with E-state index in [4.69, 9.17) is 14.6 Å². The predicted octanol–water partition coefficient (Wildman–Crippen LogP) is 5.98. The number of aliphatic carboxylic acids is 2. The predicted molar refractivity (Wildman–Crippen MR) is 187 cm³/mol. The first-order chi connectivity index (χ1) is 22.8. The largest absolute Gasteiger partial charge is 0.548 e. The minimum Gasteiger partial charge on any atom is -0.548 e. The summed E-state index contributed by atoms with van der Waals surface area (Å²) in [7, 11) is 0. The van der Waals surface area contributed by atoms with Gasteiger partial charge in [0.2, 0.25) is 5.52 Å². The number of carbonyl (C=O) groups is 2. The Bertz CT molecular complexity index is 1810. The summed E-state index contributed by atoms with van der Waals surface area (Å²) in [5.74, 6) is -1.62. The Morgan fingerprint density at radius 1 is 1.09 bits per heavy atom. The molecule has 2 aromatic carbocycles. The molecule has 0 amide bonds. The van der Waals surface area contributed by atoms with Crippen LogP contribution < -0.4 is 14.6 Å². The third-order valence-electron chi connectivity index (χ3n) is 8.54. The van der Waals surface area contributed by atoms with Gasteiger partial charge in [0.05, 0.1) is 29.9 Å². The van der Waals surface area contributed by atoms with Crippen molar-refractivity contribution in [3.05, 3.63) is 86.9 Å². The molecule has 6 rings (SSSR count). The standard InChI is InChI=1S/C36H38N2O6S3/c1-23-3-9-31-29(15-23)37(11-13-43-21-35(39)40)33(46-31)18-24-4-6-26-7-5-25(17-27(26)16-24)19-34-38(12-14-44-22-36(41)42)30-20-28(45-2)8-10-32(30)47-34/h3,8-10,15-20,26H,4-7,11-14,21-22H2,1-2H3,(H-,39,40,41,42). The molecule has 2 heterocycles. The van der Waals surface area contributed by atoms with Gasteiger partial charge in [0.25, 0.3) is 5.01 Å². The van der Waals surface area contributed by atoms with Gasteiger partial charge < -0.3 is 29.4 Å². The number of carbonyl (C=O) groups excluding carboxylic acids is 1. The van der Waals surface area contributed by atoms with Crippen molar-refractivity contribution in [1.82, 2.24) is 0 Å². The molecule has 1 aromatic heterocycles. The van der Waals surface area contributed by atoms with Crippen LogP contribution in [0.1, 0.15) is 36.3 Å². The molecule has 1 unspecified atom stereocenters. The summed E-state index contributed by atoms with van der Waals surface area (Å²) >= 11 is 5.21. The van der Waals surface area contributed by atoms with Gasteiger partial charge in [-0.2, -0.15) is 4.57 Å². The second-order valence-electron chi connectivity index (χ2n) is 11.9. The molecule has 3 aromatic rings. The van der Waals surface area contributed by atoms with Crippen molar-refractivity contribution in [2.24, 2.45) is 5.92 Å². The molecule has 2 aliphatic carbocycles. The van der Waals surface area contributed by atoms with Gasteiger partial charge in [-0.05, 0) is 97.4 Å². The lowest BCUT2D eigenvalue weighted by atomic mass is 9.77. The van der Waals surface area contributed by atoms with Crippen LogP contribution >= 0.6 is 34.9 Å². The maximum atomic E-state index is 11.0. The molecule has 47 heavy (non-hydrogen) atoms. The van der Waals surface area contributed by atoms with Crippen molar-refractivity contribution in [3.8, 4) is 0 Å². The smallest absolute Gasteiger partial charge is 0.329 e. The number of hydrogen-bond acceptors (Lipinski definition) is 9. The average Bonchev–Trinajstić information content (AvgIpc) is 3.56. The molecule has 0 spiro atoms. The number of hydrogen-bond donors (Lipinski definition) is 1. The number of anilines is 1. The first-order valence-corrected chi connectivity index (χ1v) is 18.6. The van der Waals surface area contributed by atoms with Crippen LogP contribution in [0.5, 0.6) is 0 Å². The van der Waals surface area contributed by atoms with Gasteiger partial charge >= 0.3 is 5.97 Å². The van der Waals surface area contributed by atoms with Crippen molar-refractivity contribution in [3.63, 3.8) is 0 Å². The van der Waals surface area contributed by atoms with Crippen molar-refractivity contribution in [2.75, 3.05) is 44.1 Å². The summed E-state index contributed by atoms with van der Waals surface area (Å²) in [6, 6.07) is 13.0. The molecule has 0 bridgehead atoms. The van der Waals surface area contributed by atoms with E-state index in [2.05, 4.69) is 83.3 Å². The van der Waals surface area contributed by atoms with Crippen molar-refractivity contribution in [1.29, 1.82) is 0 Å². The van der Waals surface area contributed by atoms with Crippen LogP contribution in [-0.2, 0) is 25.6 Å². The van der Waals surface area contributed by atoms with Gasteiger partial charge in [-0.15, -0.1) is 11.8 Å². The van der Waals surface area contributed by atoms with E-state index in [1.165, 1.54) is 36.8 Å². The zero-order valence-corrected chi connectivity index (χ0v) is 29.0. The minimum absolute atomic E-state index is 0.293. The molecule has 246 valence electrons. The number of thiazole rings is 1. The number of allylic oxidation sites excluding steroid dienone is 6. The highest BCUT2D eigenvalue weighted by Gasteiger charge is 2.28. The van der Waals surface area contributed by atoms with Gasteiger partial charge in [-0.25, -0.2) is 4.79 Å². The third-order valence-corrected chi connectivity index (χ3v) is 11.5. The Kier molecular flexibility index (Phi) is 10.9. The average molecular weight is 691 g/mol. The van der Waals surface area contributed by atoms with Crippen LogP contribution in [0.15, 0.2) is 86.2 Å². The fourth-order valence-corrected chi connectivity index (χ4v) is 9.00. The summed E-state index contributed by atoms with van der Waals surface area (Å²) in [5.41, 5.74) is 7.39. The Hall–Kier alpha value is -3.35. The number of carboxylic acid groups (broad SMARTS) is 2. The summed E-state index contributed by atoms with van der Waals surface area (Å²) < 4.78 is 14.2. The molecular weight excluding hydrogens is 653 g/mol. The monoisotopic (exact) mass is 690 g/mol. The third kappa shape index (κ3) is 8.21. The second-order valence-corrected chi connectivity index (χ2v) is 14.9. The fourth-order valence-electron chi connectivity index (χ4n) is 6.28. The summed E-state index contributed by atoms with van der Waals surface area (Å²) in [5, 5.41) is 22.1.